The van der Waals surface area contributed by atoms with E-state index in [0.29, 0.717) is 10.1 Å². The summed E-state index contributed by atoms with van der Waals surface area (Å²) in [7, 11) is -4.60. The first-order chi connectivity index (χ1) is 11.9. The maximum atomic E-state index is 12.5. The maximum absolute atomic E-state index is 12.5. The molecule has 6 nitrogen and oxygen atoms in total. The minimum atomic E-state index is -4.60. The molecule has 0 N–H and O–H groups in total. The molecule has 0 atom stereocenters. The fraction of sp³-hybridized carbons (Fsp3) is 0.133. The third-order valence-electron chi connectivity index (χ3n) is 3.32. The Morgan fingerprint density at radius 3 is 2.28 bits per heavy atom. The van der Waals surface area contributed by atoms with Gasteiger partial charge in [-0.1, -0.05) is 17.7 Å². The van der Waals surface area contributed by atoms with Crippen molar-refractivity contribution in [3.05, 3.63) is 54.1 Å². The predicted molar refractivity (Wildman–Crippen MR) is 87.6 cm³/mol. The van der Waals surface area contributed by atoms with E-state index in [9.17, 15) is 17.2 Å². The Hall–Kier alpha value is -2.33. The number of rotatable bonds is 5. The molecule has 0 fully saturated rings. The first kappa shape index (κ1) is 17.5. The van der Waals surface area contributed by atoms with Gasteiger partial charge in [-0.2, -0.15) is 13.5 Å². The van der Waals surface area contributed by atoms with Crippen LogP contribution in [0.15, 0.2) is 63.5 Å². The van der Waals surface area contributed by atoms with Gasteiger partial charge in [-0.05, 0) is 65.5 Å². The highest BCUT2D eigenvalue weighted by Gasteiger charge is 2.26. The standard InChI is InChI=1S/C15H12F2N4O2S2/c1-10-2-4-11(5-3-10)21-15(18-19-20-21)24-12-6-8-13(9-7-12)25(22,23)14(16)17/h2-9,14H,1H3. The summed E-state index contributed by atoms with van der Waals surface area (Å²) < 4.78 is 49.5. The molecule has 3 aromatic rings. The molecule has 10 heteroatoms. The fourth-order valence-corrected chi connectivity index (χ4v) is 3.51. The predicted octanol–water partition coefficient (Wildman–Crippen LogP) is 3.12. The van der Waals surface area contributed by atoms with Gasteiger partial charge in [-0.25, -0.2) is 8.42 Å². The highest BCUT2D eigenvalue weighted by Crippen LogP contribution is 2.28. The lowest BCUT2D eigenvalue weighted by Gasteiger charge is -2.06. The number of tetrazole rings is 1. The molecule has 0 amide bonds. The van der Waals surface area contributed by atoms with E-state index in [1.165, 1.54) is 28.6 Å². The average Bonchev–Trinajstić information content (AvgIpc) is 3.04. The van der Waals surface area contributed by atoms with E-state index in [-0.39, 0.29) is 0 Å². The second-order valence-corrected chi connectivity index (χ2v) is 8.05. The van der Waals surface area contributed by atoms with Gasteiger partial charge in [0.05, 0.1) is 10.6 Å². The Balaban J connectivity index is 1.85. The third kappa shape index (κ3) is 3.69. The summed E-state index contributed by atoms with van der Waals surface area (Å²) >= 11 is 1.19. The van der Waals surface area contributed by atoms with E-state index >= 15 is 0 Å². The Labute approximate surface area is 146 Å². The quantitative estimate of drug-likeness (QED) is 0.675. The summed E-state index contributed by atoms with van der Waals surface area (Å²) in [6, 6.07) is 12.8. The summed E-state index contributed by atoms with van der Waals surface area (Å²) in [6.45, 7) is 1.97. The van der Waals surface area contributed by atoms with Gasteiger partial charge in [0.25, 0.3) is 0 Å². The molecule has 1 aromatic heterocycles. The minimum Gasteiger partial charge on any atom is -0.218 e. The van der Waals surface area contributed by atoms with Gasteiger partial charge in [-0.15, -0.1) is 5.10 Å². The van der Waals surface area contributed by atoms with E-state index in [1.54, 1.807) is 0 Å². The monoisotopic (exact) mass is 382 g/mol. The van der Waals surface area contributed by atoms with Crippen LogP contribution in [0.25, 0.3) is 5.69 Å². The molecular formula is C15H12F2N4O2S2. The molecule has 3 rings (SSSR count). The van der Waals surface area contributed by atoms with Crippen molar-refractivity contribution in [2.24, 2.45) is 0 Å². The lowest BCUT2D eigenvalue weighted by atomic mass is 10.2. The van der Waals surface area contributed by atoms with Crippen LogP contribution in [-0.4, -0.2) is 34.4 Å². The Morgan fingerprint density at radius 2 is 1.68 bits per heavy atom. The van der Waals surface area contributed by atoms with E-state index in [0.717, 1.165) is 23.4 Å². The number of sulfone groups is 1. The van der Waals surface area contributed by atoms with Crippen molar-refractivity contribution in [1.82, 2.24) is 20.2 Å². The highest BCUT2D eigenvalue weighted by atomic mass is 32.2. The minimum absolute atomic E-state index is 0.426. The molecule has 2 aromatic carbocycles. The van der Waals surface area contributed by atoms with Crippen molar-refractivity contribution in [2.75, 3.05) is 0 Å². The lowest BCUT2D eigenvalue weighted by molar-refractivity contribution is 0.234. The highest BCUT2D eigenvalue weighted by molar-refractivity contribution is 7.99. The topological polar surface area (TPSA) is 77.7 Å². The molecule has 0 spiro atoms. The number of aromatic nitrogens is 4. The summed E-state index contributed by atoms with van der Waals surface area (Å²) in [5.74, 6) is -3.44. The van der Waals surface area contributed by atoms with Crippen LogP contribution >= 0.6 is 11.8 Å². The van der Waals surface area contributed by atoms with Crippen molar-refractivity contribution in [3.8, 4) is 5.69 Å². The van der Waals surface area contributed by atoms with Gasteiger partial charge < -0.3 is 0 Å². The summed E-state index contributed by atoms with van der Waals surface area (Å²) in [5.41, 5.74) is 1.87. The number of nitrogens with zero attached hydrogens (tertiary/aromatic N) is 4. The molecule has 0 saturated heterocycles. The van der Waals surface area contributed by atoms with Crippen molar-refractivity contribution < 1.29 is 17.2 Å². The summed E-state index contributed by atoms with van der Waals surface area (Å²) in [5, 5.41) is 12.0. The van der Waals surface area contributed by atoms with Crippen LogP contribution in [0, 0.1) is 6.92 Å². The number of alkyl halides is 2. The number of hydrogen-bond acceptors (Lipinski definition) is 6. The maximum Gasteiger partial charge on any atom is 0.341 e. The summed E-state index contributed by atoms with van der Waals surface area (Å²) in [6.07, 6.45) is 0. The number of aryl methyl sites for hydroxylation is 1. The van der Waals surface area contributed by atoms with E-state index < -0.39 is 20.5 Å². The van der Waals surface area contributed by atoms with Crippen LogP contribution in [0.5, 0.6) is 0 Å². The van der Waals surface area contributed by atoms with Crippen LogP contribution in [0.3, 0.4) is 0 Å². The molecule has 0 unspecified atom stereocenters. The van der Waals surface area contributed by atoms with Crippen molar-refractivity contribution in [2.45, 2.75) is 27.6 Å². The van der Waals surface area contributed by atoms with Crippen molar-refractivity contribution in [1.29, 1.82) is 0 Å². The van der Waals surface area contributed by atoms with Crippen LogP contribution in [0.2, 0.25) is 0 Å². The molecule has 0 radical (unpaired) electrons. The van der Waals surface area contributed by atoms with Gasteiger partial charge >= 0.3 is 5.76 Å². The molecule has 0 aliphatic rings. The summed E-state index contributed by atoms with van der Waals surface area (Å²) in [4.78, 5) is 0.196. The van der Waals surface area contributed by atoms with Gasteiger partial charge in [0.2, 0.25) is 15.0 Å². The largest absolute Gasteiger partial charge is 0.341 e. The molecule has 25 heavy (non-hydrogen) atoms. The van der Waals surface area contributed by atoms with Gasteiger partial charge in [-0.3, -0.25) is 0 Å². The zero-order chi connectivity index (χ0) is 18.0. The van der Waals surface area contributed by atoms with Crippen LogP contribution < -0.4 is 0 Å². The lowest BCUT2D eigenvalue weighted by Crippen LogP contribution is -2.11. The van der Waals surface area contributed by atoms with Crippen molar-refractivity contribution in [3.63, 3.8) is 0 Å². The van der Waals surface area contributed by atoms with E-state index in [4.69, 9.17) is 0 Å². The van der Waals surface area contributed by atoms with E-state index in [1.807, 2.05) is 31.2 Å². The van der Waals surface area contributed by atoms with Crippen LogP contribution in [0.4, 0.5) is 8.78 Å². The Kier molecular flexibility index (Phi) is 4.82. The Morgan fingerprint density at radius 1 is 1.04 bits per heavy atom. The normalized spacial score (nSPS) is 11.8. The molecule has 1 heterocycles. The number of halogens is 2. The number of benzene rings is 2. The first-order valence-electron chi connectivity index (χ1n) is 7.03. The molecule has 0 bridgehead atoms. The molecular weight excluding hydrogens is 370 g/mol. The van der Waals surface area contributed by atoms with Crippen LogP contribution in [-0.2, 0) is 9.84 Å². The first-order valence-corrected chi connectivity index (χ1v) is 9.39. The smallest absolute Gasteiger partial charge is 0.218 e. The second-order valence-electron chi connectivity index (χ2n) is 5.09. The zero-order valence-electron chi connectivity index (χ0n) is 12.9. The SMILES string of the molecule is Cc1ccc(-n2nnnc2Sc2ccc(S(=O)(=O)C(F)F)cc2)cc1. The second kappa shape index (κ2) is 6.89. The van der Waals surface area contributed by atoms with Crippen molar-refractivity contribution >= 4 is 21.6 Å². The van der Waals surface area contributed by atoms with E-state index in [2.05, 4.69) is 15.5 Å². The molecule has 0 saturated carbocycles. The zero-order valence-corrected chi connectivity index (χ0v) is 14.5. The van der Waals surface area contributed by atoms with Gasteiger partial charge in [0.15, 0.2) is 0 Å². The van der Waals surface area contributed by atoms with Gasteiger partial charge in [0.1, 0.15) is 0 Å². The average molecular weight is 382 g/mol. The number of hydrogen-bond donors (Lipinski definition) is 0. The molecule has 130 valence electrons. The Bertz CT molecular complexity index is 972. The molecule has 0 aliphatic carbocycles. The molecule has 0 aliphatic heterocycles. The van der Waals surface area contributed by atoms with Crippen LogP contribution in [0.1, 0.15) is 5.56 Å². The third-order valence-corrected chi connectivity index (χ3v) is 5.66. The van der Waals surface area contributed by atoms with Gasteiger partial charge in [0, 0.05) is 4.90 Å². The fourth-order valence-electron chi connectivity index (χ4n) is 2.00.